The van der Waals surface area contributed by atoms with Crippen molar-refractivity contribution in [2.45, 2.75) is 20.3 Å². The maximum Gasteiger partial charge on any atom is 0.1000 e. The Bertz CT molecular complexity index is 558. The number of aryl methyl sites for hydroxylation is 2. The van der Waals surface area contributed by atoms with Crippen molar-refractivity contribution in [3.63, 3.8) is 0 Å². The summed E-state index contributed by atoms with van der Waals surface area (Å²) in [5.41, 5.74) is 10.2. The normalized spacial score (nSPS) is 10.5. The lowest BCUT2D eigenvalue weighted by Gasteiger charge is -2.03. The Balaban J connectivity index is 2.33. The zero-order valence-electron chi connectivity index (χ0n) is 9.86. The second-order valence-electron chi connectivity index (χ2n) is 4.09. The molecule has 1 heterocycles. The summed E-state index contributed by atoms with van der Waals surface area (Å²) in [4.78, 5) is 5.05. The molecule has 0 unspecified atom stereocenters. The minimum atomic E-state index is 0.492. The van der Waals surface area contributed by atoms with Gasteiger partial charge in [-0.15, -0.1) is 11.3 Å². The predicted molar refractivity (Wildman–Crippen MR) is 77.5 cm³/mol. The molecule has 2 rings (SSSR count). The van der Waals surface area contributed by atoms with Gasteiger partial charge in [-0.1, -0.05) is 36.0 Å². The maximum atomic E-state index is 5.52. The molecule has 88 valence electrons. The lowest BCUT2D eigenvalue weighted by atomic mass is 10.0. The number of hydrogen-bond acceptors (Lipinski definition) is 3. The Morgan fingerprint density at radius 1 is 1.41 bits per heavy atom. The van der Waals surface area contributed by atoms with E-state index in [4.69, 9.17) is 18.0 Å². The Morgan fingerprint density at radius 2 is 2.18 bits per heavy atom. The minimum Gasteiger partial charge on any atom is -0.393 e. The molecule has 2 N–H and O–H groups in total. The lowest BCUT2D eigenvalue weighted by molar-refractivity contribution is 1.22. The summed E-state index contributed by atoms with van der Waals surface area (Å²) < 4.78 is 0. The quantitative estimate of drug-likeness (QED) is 0.863. The first-order valence-electron chi connectivity index (χ1n) is 5.36. The number of nitrogens with two attached hydrogens (primary N) is 1. The third-order valence-electron chi connectivity index (χ3n) is 2.54. The fourth-order valence-corrected chi connectivity index (χ4v) is 2.81. The smallest absolute Gasteiger partial charge is 0.1000 e. The predicted octanol–water partition coefficient (Wildman–Crippen LogP) is 3.26. The van der Waals surface area contributed by atoms with Crippen LogP contribution in [0.4, 0.5) is 0 Å². The van der Waals surface area contributed by atoms with Crippen molar-refractivity contribution in [2.24, 2.45) is 5.73 Å². The molecular weight excluding hydrogens is 248 g/mol. The zero-order valence-corrected chi connectivity index (χ0v) is 11.5. The Kier molecular flexibility index (Phi) is 3.54. The van der Waals surface area contributed by atoms with Crippen molar-refractivity contribution >= 4 is 28.5 Å². The summed E-state index contributed by atoms with van der Waals surface area (Å²) in [7, 11) is 0. The molecule has 0 saturated carbocycles. The van der Waals surface area contributed by atoms with Gasteiger partial charge >= 0.3 is 0 Å². The molecule has 0 aliphatic carbocycles. The van der Waals surface area contributed by atoms with Crippen molar-refractivity contribution < 1.29 is 0 Å². The van der Waals surface area contributed by atoms with Crippen LogP contribution in [0.15, 0.2) is 23.6 Å². The van der Waals surface area contributed by atoms with Crippen LogP contribution in [0.25, 0.3) is 11.3 Å². The van der Waals surface area contributed by atoms with Crippen molar-refractivity contribution in [1.82, 2.24) is 4.98 Å². The summed E-state index contributed by atoms with van der Waals surface area (Å²) >= 11 is 6.50. The van der Waals surface area contributed by atoms with Crippen LogP contribution < -0.4 is 5.73 Å². The molecule has 0 bridgehead atoms. The van der Waals surface area contributed by atoms with Crippen LogP contribution in [0.2, 0.25) is 0 Å². The van der Waals surface area contributed by atoms with E-state index >= 15 is 0 Å². The van der Waals surface area contributed by atoms with E-state index in [1.165, 1.54) is 16.7 Å². The van der Waals surface area contributed by atoms with E-state index in [0.717, 1.165) is 10.7 Å². The molecule has 17 heavy (non-hydrogen) atoms. The van der Waals surface area contributed by atoms with Crippen molar-refractivity contribution in [1.29, 1.82) is 0 Å². The second kappa shape index (κ2) is 4.94. The molecule has 0 aliphatic rings. The molecule has 0 amide bonds. The second-order valence-corrected chi connectivity index (χ2v) is 5.55. The van der Waals surface area contributed by atoms with Gasteiger partial charge in [0.15, 0.2) is 0 Å². The van der Waals surface area contributed by atoms with Gasteiger partial charge in [0.05, 0.1) is 15.7 Å². The first-order valence-corrected chi connectivity index (χ1v) is 6.65. The molecule has 0 aliphatic heterocycles. The van der Waals surface area contributed by atoms with Crippen LogP contribution in [-0.4, -0.2) is 9.97 Å². The third kappa shape index (κ3) is 2.90. The standard InChI is InChI=1S/C13H14N2S2/c1-8-3-4-10(9(2)5-8)11-7-17-13(15-11)6-12(14)16/h3-5,7H,6H2,1-2H3,(H2,14,16). The van der Waals surface area contributed by atoms with Crippen molar-refractivity contribution in [3.05, 3.63) is 39.7 Å². The highest BCUT2D eigenvalue weighted by molar-refractivity contribution is 7.80. The van der Waals surface area contributed by atoms with Crippen LogP contribution in [0, 0.1) is 13.8 Å². The van der Waals surface area contributed by atoms with Gasteiger partial charge in [-0.05, 0) is 19.4 Å². The molecular formula is C13H14N2S2. The number of thiocarbonyl (C=S) groups is 1. The number of aromatic nitrogens is 1. The van der Waals surface area contributed by atoms with E-state index in [1.54, 1.807) is 11.3 Å². The van der Waals surface area contributed by atoms with Crippen molar-refractivity contribution in [2.75, 3.05) is 0 Å². The first-order chi connectivity index (χ1) is 8.06. The highest BCUT2D eigenvalue weighted by atomic mass is 32.1. The van der Waals surface area contributed by atoms with Gasteiger partial charge in [0.2, 0.25) is 0 Å². The van der Waals surface area contributed by atoms with E-state index in [9.17, 15) is 0 Å². The molecule has 0 saturated heterocycles. The number of rotatable bonds is 3. The monoisotopic (exact) mass is 262 g/mol. The minimum absolute atomic E-state index is 0.492. The average molecular weight is 262 g/mol. The Labute approximate surface area is 111 Å². The molecule has 0 atom stereocenters. The number of thiazole rings is 1. The molecule has 0 spiro atoms. The van der Waals surface area contributed by atoms with E-state index < -0.39 is 0 Å². The van der Waals surface area contributed by atoms with Gasteiger partial charge in [0.1, 0.15) is 0 Å². The Morgan fingerprint density at radius 3 is 2.82 bits per heavy atom. The summed E-state index contributed by atoms with van der Waals surface area (Å²) in [6.45, 7) is 4.20. The van der Waals surface area contributed by atoms with Crippen molar-refractivity contribution in [3.8, 4) is 11.3 Å². The summed E-state index contributed by atoms with van der Waals surface area (Å²) in [5.74, 6) is 0. The number of benzene rings is 1. The molecule has 0 fully saturated rings. The van der Waals surface area contributed by atoms with Crippen LogP contribution in [0.3, 0.4) is 0 Å². The molecule has 4 heteroatoms. The summed E-state index contributed by atoms with van der Waals surface area (Å²) in [6, 6.07) is 6.39. The van der Waals surface area contributed by atoms with Gasteiger partial charge in [0.25, 0.3) is 0 Å². The summed E-state index contributed by atoms with van der Waals surface area (Å²) in [6.07, 6.45) is 0.588. The lowest BCUT2D eigenvalue weighted by Crippen LogP contribution is -2.10. The SMILES string of the molecule is Cc1ccc(-c2csc(CC(N)=S)n2)c(C)c1. The molecule has 1 aromatic heterocycles. The maximum absolute atomic E-state index is 5.52. The molecule has 2 aromatic rings. The van der Waals surface area contributed by atoms with E-state index in [2.05, 4.69) is 42.4 Å². The fraction of sp³-hybridized carbons (Fsp3) is 0.231. The highest BCUT2D eigenvalue weighted by Crippen LogP contribution is 2.25. The van der Waals surface area contributed by atoms with Gasteiger partial charge in [-0.3, -0.25) is 0 Å². The Hall–Kier alpha value is -1.26. The van der Waals surface area contributed by atoms with Crippen LogP contribution in [-0.2, 0) is 6.42 Å². The highest BCUT2D eigenvalue weighted by Gasteiger charge is 2.07. The third-order valence-corrected chi connectivity index (χ3v) is 3.53. The summed E-state index contributed by atoms with van der Waals surface area (Å²) in [5, 5.41) is 3.04. The molecule has 2 nitrogen and oxygen atoms in total. The van der Waals surface area contributed by atoms with Gasteiger partial charge in [-0.25, -0.2) is 4.98 Å². The van der Waals surface area contributed by atoms with E-state index in [0.29, 0.717) is 11.4 Å². The fourth-order valence-electron chi connectivity index (χ4n) is 1.77. The first kappa shape index (κ1) is 12.2. The largest absolute Gasteiger partial charge is 0.393 e. The molecule has 0 radical (unpaired) electrons. The number of hydrogen-bond donors (Lipinski definition) is 1. The topological polar surface area (TPSA) is 38.9 Å². The van der Waals surface area contributed by atoms with Crippen LogP contribution in [0.1, 0.15) is 16.1 Å². The zero-order chi connectivity index (χ0) is 12.4. The van der Waals surface area contributed by atoms with Crippen LogP contribution in [0.5, 0.6) is 0 Å². The van der Waals surface area contributed by atoms with Crippen LogP contribution >= 0.6 is 23.6 Å². The number of nitrogens with zero attached hydrogens (tertiary/aromatic N) is 1. The van der Waals surface area contributed by atoms with E-state index in [-0.39, 0.29) is 0 Å². The van der Waals surface area contributed by atoms with E-state index in [1.807, 2.05) is 0 Å². The van der Waals surface area contributed by atoms with Gasteiger partial charge in [-0.2, -0.15) is 0 Å². The average Bonchev–Trinajstić information content (AvgIpc) is 2.65. The van der Waals surface area contributed by atoms with Gasteiger partial charge in [0, 0.05) is 17.4 Å². The van der Waals surface area contributed by atoms with Gasteiger partial charge < -0.3 is 5.73 Å². The molecule has 1 aromatic carbocycles.